The Morgan fingerprint density at radius 1 is 1.19 bits per heavy atom. The summed E-state index contributed by atoms with van der Waals surface area (Å²) in [6, 6.07) is 2.66. The van der Waals surface area contributed by atoms with Gasteiger partial charge in [-0.1, -0.05) is 0 Å². The van der Waals surface area contributed by atoms with Crippen molar-refractivity contribution in [3.05, 3.63) is 29.3 Å². The minimum absolute atomic E-state index is 0.126. The molecular weight excluding hydrogens is 232 g/mol. The molecule has 16 heavy (non-hydrogen) atoms. The Labute approximate surface area is 98.0 Å². The highest BCUT2D eigenvalue weighted by Crippen LogP contribution is 2.47. The van der Waals surface area contributed by atoms with E-state index in [0.717, 1.165) is 13.1 Å². The molecule has 0 spiro atoms. The Morgan fingerprint density at radius 2 is 1.75 bits per heavy atom. The van der Waals surface area contributed by atoms with Gasteiger partial charge in [0.05, 0.1) is 0 Å². The average molecular weight is 244 g/mol. The van der Waals surface area contributed by atoms with Crippen LogP contribution in [0.15, 0.2) is 12.1 Å². The molecule has 2 atom stereocenters. The van der Waals surface area contributed by atoms with Gasteiger partial charge in [0.2, 0.25) is 0 Å². The van der Waals surface area contributed by atoms with Crippen LogP contribution in [0.4, 0.5) is 14.5 Å². The molecule has 0 radical (unpaired) electrons. The first kappa shape index (κ1) is 10.3. The van der Waals surface area contributed by atoms with Crippen molar-refractivity contribution < 1.29 is 8.78 Å². The molecule has 1 aliphatic carbocycles. The molecule has 2 unspecified atom stereocenters. The normalized spacial score (nSPS) is 27.1. The molecule has 2 aliphatic rings. The highest BCUT2D eigenvalue weighted by Gasteiger charge is 2.46. The monoisotopic (exact) mass is 243 g/mol. The van der Waals surface area contributed by atoms with Gasteiger partial charge in [0.15, 0.2) is 0 Å². The van der Waals surface area contributed by atoms with Gasteiger partial charge in [0.1, 0.15) is 17.3 Å². The molecule has 2 fully saturated rings. The van der Waals surface area contributed by atoms with Crippen molar-refractivity contribution in [2.45, 2.75) is 12.3 Å². The van der Waals surface area contributed by atoms with Gasteiger partial charge in [-0.05, 0) is 36.0 Å². The molecular formula is C12H12ClF2N. The number of benzene rings is 1. The van der Waals surface area contributed by atoms with Crippen LogP contribution in [0.25, 0.3) is 0 Å². The lowest BCUT2D eigenvalue weighted by Gasteiger charge is -2.21. The highest BCUT2D eigenvalue weighted by molar-refractivity contribution is 6.17. The molecule has 1 aromatic carbocycles. The lowest BCUT2D eigenvalue weighted by Crippen LogP contribution is -2.24. The summed E-state index contributed by atoms with van der Waals surface area (Å²) in [7, 11) is 0. The molecule has 86 valence electrons. The number of hydrogen-bond donors (Lipinski definition) is 0. The number of piperidine rings is 1. The van der Waals surface area contributed by atoms with Crippen LogP contribution in [0.2, 0.25) is 0 Å². The molecule has 0 bridgehead atoms. The van der Waals surface area contributed by atoms with E-state index >= 15 is 0 Å². The fourth-order valence-electron chi connectivity index (χ4n) is 2.58. The zero-order chi connectivity index (χ0) is 11.3. The summed E-state index contributed by atoms with van der Waals surface area (Å²) < 4.78 is 27.5. The lowest BCUT2D eigenvalue weighted by molar-refractivity contribution is 0.571. The summed E-state index contributed by atoms with van der Waals surface area (Å²) in [5, 5.41) is 0. The van der Waals surface area contributed by atoms with E-state index in [2.05, 4.69) is 0 Å². The quantitative estimate of drug-likeness (QED) is 0.722. The van der Waals surface area contributed by atoms with Crippen molar-refractivity contribution in [2.75, 3.05) is 18.0 Å². The molecule has 1 aliphatic heterocycles. The lowest BCUT2D eigenvalue weighted by atomic mass is 10.2. The summed E-state index contributed by atoms with van der Waals surface area (Å²) in [6.07, 6.45) is 1.22. The van der Waals surface area contributed by atoms with Gasteiger partial charge < -0.3 is 4.90 Å². The first-order valence-corrected chi connectivity index (χ1v) is 6.01. The summed E-state index contributed by atoms with van der Waals surface area (Å²) in [5.74, 6) is 0.478. The second-order valence-corrected chi connectivity index (χ2v) is 4.97. The third kappa shape index (κ3) is 1.58. The Bertz CT molecular complexity index is 402. The Balaban J connectivity index is 1.94. The third-order valence-electron chi connectivity index (χ3n) is 3.53. The van der Waals surface area contributed by atoms with E-state index in [1.807, 2.05) is 4.90 Å². The van der Waals surface area contributed by atoms with Crippen LogP contribution in [0.5, 0.6) is 0 Å². The predicted octanol–water partition coefficient (Wildman–Crippen LogP) is 3.16. The number of halogens is 3. The van der Waals surface area contributed by atoms with Gasteiger partial charge in [-0.25, -0.2) is 8.78 Å². The summed E-state index contributed by atoms with van der Waals surface area (Å²) in [5.41, 5.74) is 0.617. The maximum atomic E-state index is 13.8. The third-order valence-corrected chi connectivity index (χ3v) is 3.83. The number of hydrogen-bond acceptors (Lipinski definition) is 1. The maximum Gasteiger partial charge on any atom is 0.149 e. The largest absolute Gasteiger partial charge is 0.366 e. The van der Waals surface area contributed by atoms with Gasteiger partial charge in [-0.2, -0.15) is 0 Å². The molecule has 1 aromatic rings. The topological polar surface area (TPSA) is 3.24 Å². The molecule has 1 saturated carbocycles. The minimum atomic E-state index is -0.489. The van der Waals surface area contributed by atoms with Crippen LogP contribution < -0.4 is 4.90 Å². The van der Waals surface area contributed by atoms with E-state index in [-0.39, 0.29) is 11.6 Å². The van der Waals surface area contributed by atoms with Crippen molar-refractivity contribution in [1.29, 1.82) is 0 Å². The molecule has 1 nitrogen and oxygen atoms in total. The molecule has 1 saturated heterocycles. The second-order valence-electron chi connectivity index (χ2n) is 4.70. The van der Waals surface area contributed by atoms with Gasteiger partial charge in [0, 0.05) is 19.0 Å². The van der Waals surface area contributed by atoms with E-state index in [1.165, 1.54) is 18.6 Å². The zero-order valence-corrected chi connectivity index (χ0v) is 9.47. The van der Waals surface area contributed by atoms with Crippen LogP contribution >= 0.6 is 11.6 Å². The number of alkyl halides is 1. The van der Waals surface area contributed by atoms with Crippen molar-refractivity contribution in [3.8, 4) is 0 Å². The second kappa shape index (κ2) is 3.59. The highest BCUT2D eigenvalue weighted by atomic mass is 35.5. The van der Waals surface area contributed by atoms with Crippen molar-refractivity contribution in [1.82, 2.24) is 0 Å². The van der Waals surface area contributed by atoms with Gasteiger partial charge in [-0.15, -0.1) is 11.6 Å². The van der Waals surface area contributed by atoms with Gasteiger partial charge >= 0.3 is 0 Å². The van der Waals surface area contributed by atoms with E-state index in [4.69, 9.17) is 11.6 Å². The van der Waals surface area contributed by atoms with Gasteiger partial charge in [0.25, 0.3) is 0 Å². The van der Waals surface area contributed by atoms with Crippen molar-refractivity contribution in [2.24, 2.45) is 11.8 Å². The molecule has 1 heterocycles. The first-order valence-electron chi connectivity index (χ1n) is 5.48. The fraction of sp³-hybridized carbons (Fsp3) is 0.500. The summed E-state index contributed by atoms with van der Waals surface area (Å²) in [4.78, 5) is 1.82. The van der Waals surface area contributed by atoms with E-state index in [0.29, 0.717) is 17.4 Å². The zero-order valence-electron chi connectivity index (χ0n) is 8.72. The predicted molar refractivity (Wildman–Crippen MR) is 59.7 cm³/mol. The number of nitrogens with zero attached hydrogens (tertiary/aromatic N) is 1. The van der Waals surface area contributed by atoms with E-state index < -0.39 is 11.6 Å². The molecule has 0 N–H and O–H groups in total. The first-order chi connectivity index (χ1) is 7.69. The van der Waals surface area contributed by atoms with E-state index in [9.17, 15) is 8.78 Å². The fourth-order valence-corrected chi connectivity index (χ4v) is 2.73. The SMILES string of the molecule is Fc1cc(CCl)cc(F)c1N1CC2CC2C1. The van der Waals surface area contributed by atoms with Crippen LogP contribution in [0, 0.1) is 23.5 Å². The van der Waals surface area contributed by atoms with Crippen molar-refractivity contribution in [3.63, 3.8) is 0 Å². The Hall–Kier alpha value is -0.830. The Kier molecular flexibility index (Phi) is 2.32. The van der Waals surface area contributed by atoms with Crippen molar-refractivity contribution >= 4 is 17.3 Å². The summed E-state index contributed by atoms with van der Waals surface area (Å²) in [6.45, 7) is 1.58. The van der Waals surface area contributed by atoms with Gasteiger partial charge in [-0.3, -0.25) is 0 Å². The number of rotatable bonds is 2. The number of anilines is 1. The van der Waals surface area contributed by atoms with Crippen LogP contribution in [-0.4, -0.2) is 13.1 Å². The molecule has 0 aromatic heterocycles. The molecule has 3 rings (SSSR count). The van der Waals surface area contributed by atoms with E-state index in [1.54, 1.807) is 0 Å². The smallest absolute Gasteiger partial charge is 0.149 e. The minimum Gasteiger partial charge on any atom is -0.366 e. The average Bonchev–Trinajstić information content (AvgIpc) is 2.85. The van der Waals surface area contributed by atoms with Crippen LogP contribution in [-0.2, 0) is 5.88 Å². The maximum absolute atomic E-state index is 13.8. The Morgan fingerprint density at radius 3 is 2.25 bits per heavy atom. The number of fused-ring (bicyclic) bond motifs is 1. The summed E-state index contributed by atoms with van der Waals surface area (Å²) >= 11 is 5.57. The molecule has 0 amide bonds. The standard InChI is InChI=1S/C12H12ClF2N/c13-4-7-1-10(14)12(11(15)2-7)16-5-8-3-9(8)6-16/h1-2,8-9H,3-6H2. The van der Waals surface area contributed by atoms with Crippen LogP contribution in [0.3, 0.4) is 0 Å². The van der Waals surface area contributed by atoms with Crippen LogP contribution in [0.1, 0.15) is 12.0 Å². The molecule has 4 heteroatoms.